The number of amides is 4. The predicted molar refractivity (Wildman–Crippen MR) is 251 cm³/mol. The van der Waals surface area contributed by atoms with Crippen LogP contribution in [0.2, 0.25) is 0 Å². The van der Waals surface area contributed by atoms with Crippen LogP contribution in [0, 0.1) is 18.7 Å². The molecule has 1 aromatic carbocycles. The smallest absolute Gasteiger partial charge is 0.343 e. The van der Waals surface area contributed by atoms with E-state index < -0.39 is 102 Å². The van der Waals surface area contributed by atoms with Gasteiger partial charge in [0.1, 0.15) is 30.5 Å². The summed E-state index contributed by atoms with van der Waals surface area (Å²) in [5.74, 6) is -7.07. The number of aliphatic carboxylic acids is 1. The number of nitrogens with zero attached hydrogens (tertiary/aromatic N) is 3. The summed E-state index contributed by atoms with van der Waals surface area (Å²) in [4.78, 5) is 112. The predicted octanol–water partition coefficient (Wildman–Crippen LogP) is 0.664. The van der Waals surface area contributed by atoms with Gasteiger partial charge in [-0.2, -0.15) is 0 Å². The first-order valence-electron chi connectivity index (χ1n) is 24.2. The number of cyclic esters (lactones) is 1. The third-order valence-corrected chi connectivity index (χ3v) is 13.6. The molecule has 0 radical (unpaired) electrons. The number of halogens is 1. The van der Waals surface area contributed by atoms with Crippen molar-refractivity contribution in [3.63, 3.8) is 0 Å². The van der Waals surface area contributed by atoms with E-state index in [9.17, 15) is 48.6 Å². The van der Waals surface area contributed by atoms with Crippen molar-refractivity contribution < 1.29 is 71.8 Å². The number of ether oxygens (including phenoxy) is 5. The van der Waals surface area contributed by atoms with Crippen LogP contribution in [-0.4, -0.2) is 144 Å². The minimum absolute atomic E-state index is 0.0137. The van der Waals surface area contributed by atoms with Crippen molar-refractivity contribution in [3.8, 4) is 11.4 Å². The number of aryl methyl sites for hydroxylation is 1. The second-order valence-electron chi connectivity index (χ2n) is 18.6. The van der Waals surface area contributed by atoms with Crippen molar-refractivity contribution in [1.29, 1.82) is 0 Å². The number of nitrogens with two attached hydrogens (primary N) is 1. The highest BCUT2D eigenvalue weighted by Crippen LogP contribution is 2.46. The Labute approximate surface area is 413 Å². The van der Waals surface area contributed by atoms with Crippen molar-refractivity contribution in [1.82, 2.24) is 30.4 Å². The van der Waals surface area contributed by atoms with Gasteiger partial charge in [-0.3, -0.25) is 28.8 Å². The van der Waals surface area contributed by atoms with Crippen molar-refractivity contribution in [3.05, 3.63) is 61.7 Å². The number of carbonyl (C=O) groups excluding carboxylic acids is 6. The van der Waals surface area contributed by atoms with E-state index in [2.05, 4.69) is 16.0 Å². The topological polar surface area (TPSA) is 306 Å². The summed E-state index contributed by atoms with van der Waals surface area (Å²) in [5, 5.41) is 29.6. The zero-order valence-electron chi connectivity index (χ0n) is 40.8. The Bertz CT molecular complexity index is 2690. The number of hydrogen-bond acceptors (Lipinski definition) is 16. The van der Waals surface area contributed by atoms with Gasteiger partial charge in [-0.15, -0.1) is 0 Å². The minimum Gasteiger partial charge on any atom is -0.481 e. The zero-order valence-corrected chi connectivity index (χ0v) is 40.8. The number of aliphatic hydroxyl groups is 1. The summed E-state index contributed by atoms with van der Waals surface area (Å²) in [6.45, 7) is 7.46. The molecule has 0 unspecified atom stereocenters. The molecule has 3 aromatic rings. The van der Waals surface area contributed by atoms with Crippen LogP contribution in [0.5, 0.6) is 0 Å². The summed E-state index contributed by atoms with van der Waals surface area (Å²) in [6.07, 6.45) is 0.219. The third kappa shape index (κ3) is 11.1. The number of carboxylic acid groups (broad SMARTS) is 1. The molecule has 7 rings (SSSR count). The highest BCUT2D eigenvalue weighted by Gasteiger charge is 2.46. The minimum atomic E-state index is -2.07. The van der Waals surface area contributed by atoms with Crippen LogP contribution in [0.25, 0.3) is 22.3 Å². The van der Waals surface area contributed by atoms with Gasteiger partial charge in [0.15, 0.2) is 12.2 Å². The van der Waals surface area contributed by atoms with Crippen LogP contribution in [0.1, 0.15) is 98.7 Å². The molecule has 22 nitrogen and oxygen atoms in total. The molecule has 3 aliphatic heterocycles. The van der Waals surface area contributed by atoms with Crippen LogP contribution in [0.4, 0.5) is 4.39 Å². The number of carbonyl (C=O) groups is 7. The summed E-state index contributed by atoms with van der Waals surface area (Å²) >= 11 is 0. The molecule has 1 aliphatic carbocycles. The van der Waals surface area contributed by atoms with Crippen LogP contribution >= 0.6 is 0 Å². The summed E-state index contributed by atoms with van der Waals surface area (Å²) in [5.41, 5.74) is 6.19. The van der Waals surface area contributed by atoms with E-state index in [0.29, 0.717) is 84.7 Å². The average Bonchev–Trinajstić information content (AvgIpc) is 3.99. The Morgan fingerprint density at radius 1 is 0.972 bits per heavy atom. The lowest BCUT2D eigenvalue weighted by molar-refractivity contribution is -0.172. The van der Waals surface area contributed by atoms with Crippen molar-refractivity contribution in [2.75, 3.05) is 59.3 Å². The Balaban J connectivity index is 0.992. The van der Waals surface area contributed by atoms with Crippen LogP contribution in [-0.2, 0) is 82.4 Å². The van der Waals surface area contributed by atoms with Gasteiger partial charge >= 0.3 is 17.9 Å². The Kier molecular flexibility index (Phi) is 17.1. The lowest BCUT2D eigenvalue weighted by atomic mass is 9.81. The standard InChI is InChI=1S/C49H62FN7O15/c1-5-49(67)30-19-36-43-28(22-57(36)45(63)29(30)23-72-48(49)66)41-32(9-8-27-26(4)31(50)20-33(54-43)40(27)41)52-38(59)24-71-47(65)42(25(2)3)55-44(62)35-7-6-12-56(35)46(64)34(21-39(60)61)53-37(58)10-13-68-15-17-70-18-16-69-14-11-51/h19-20,25,32,34-35,42,67H,5-18,21-24,51H2,1-4H3,(H,52,59)(H,53,58)(H,55,62)(H,60,61)/t32-,34-,35-,42-,49-/m0/s1. The number of pyridine rings is 2. The van der Waals surface area contributed by atoms with E-state index in [1.807, 2.05) is 0 Å². The molecule has 1 saturated heterocycles. The van der Waals surface area contributed by atoms with E-state index in [1.165, 1.54) is 15.5 Å². The SMILES string of the molecule is CC[C@@]1(O)C(=O)OCc2c1cc1n(c2=O)Cc2c-1nc1cc(F)c(C)c3c1c2[C@@H](NC(=O)COC(=O)[C@@H](NC(=O)[C@@H]1CCCN1C(=O)[C@H](CC(=O)O)NC(=O)CCOCCOCCOCCN)C(C)C)CC3. The van der Waals surface area contributed by atoms with Crippen LogP contribution in [0.3, 0.4) is 0 Å². The number of likely N-dealkylation sites (tertiary alicyclic amines) is 1. The van der Waals surface area contributed by atoms with Crippen molar-refractivity contribution in [2.24, 2.45) is 11.7 Å². The number of fused-ring (bicyclic) bond motifs is 5. The summed E-state index contributed by atoms with van der Waals surface area (Å²) < 4.78 is 43.6. The maximum Gasteiger partial charge on any atom is 0.343 e. The van der Waals surface area contributed by atoms with Gasteiger partial charge < -0.3 is 65.0 Å². The summed E-state index contributed by atoms with van der Waals surface area (Å²) in [6, 6.07) is -1.77. The number of nitrogens with one attached hydrogen (secondary N) is 3. The van der Waals surface area contributed by atoms with Gasteiger partial charge in [0.25, 0.3) is 11.5 Å². The van der Waals surface area contributed by atoms with E-state index >= 15 is 4.39 Å². The molecule has 23 heteroatoms. The number of esters is 2. The first-order valence-corrected chi connectivity index (χ1v) is 24.2. The second-order valence-corrected chi connectivity index (χ2v) is 18.6. The zero-order chi connectivity index (χ0) is 52.0. The highest BCUT2D eigenvalue weighted by atomic mass is 19.1. The molecule has 0 bridgehead atoms. The number of rotatable bonds is 23. The monoisotopic (exact) mass is 1010 g/mol. The Hall–Kier alpha value is -6.40. The molecule has 4 aliphatic rings. The van der Waals surface area contributed by atoms with Gasteiger partial charge in [-0.1, -0.05) is 20.8 Å². The lowest BCUT2D eigenvalue weighted by Gasteiger charge is -2.31. The summed E-state index contributed by atoms with van der Waals surface area (Å²) in [7, 11) is 0. The second kappa shape index (κ2) is 23.0. The first kappa shape index (κ1) is 53.4. The van der Waals surface area contributed by atoms with Crippen LogP contribution in [0.15, 0.2) is 16.9 Å². The van der Waals surface area contributed by atoms with Gasteiger partial charge in [0, 0.05) is 42.1 Å². The number of aromatic nitrogens is 2. The molecule has 72 heavy (non-hydrogen) atoms. The molecule has 2 aromatic heterocycles. The normalized spacial score (nSPS) is 19.5. The molecule has 5 heterocycles. The fourth-order valence-electron chi connectivity index (χ4n) is 9.84. The molecule has 4 amide bonds. The molecule has 390 valence electrons. The average molecular weight is 1010 g/mol. The lowest BCUT2D eigenvalue weighted by Crippen LogP contribution is -2.56. The largest absolute Gasteiger partial charge is 0.481 e. The fraction of sp³-hybridized carbons (Fsp3) is 0.571. The van der Waals surface area contributed by atoms with E-state index in [1.54, 1.807) is 33.8 Å². The van der Waals surface area contributed by atoms with Crippen molar-refractivity contribution >= 4 is 52.4 Å². The maximum atomic E-state index is 15.4. The van der Waals surface area contributed by atoms with Crippen LogP contribution < -0.4 is 27.2 Å². The quantitative estimate of drug-likeness (QED) is 0.0439. The van der Waals surface area contributed by atoms with Gasteiger partial charge in [0.2, 0.25) is 17.7 Å². The van der Waals surface area contributed by atoms with E-state index in [-0.39, 0.29) is 75.4 Å². The Morgan fingerprint density at radius 2 is 1.68 bits per heavy atom. The third-order valence-electron chi connectivity index (χ3n) is 13.6. The number of hydrogen-bond donors (Lipinski definition) is 6. The van der Waals surface area contributed by atoms with E-state index in [4.69, 9.17) is 34.4 Å². The molecule has 5 atom stereocenters. The molecular formula is C49H62FN7O15. The molecule has 0 saturated carbocycles. The number of carboxylic acids is 1. The van der Waals surface area contributed by atoms with Gasteiger partial charge in [-0.05, 0) is 67.7 Å². The van der Waals surface area contributed by atoms with Gasteiger partial charge in [0.05, 0.1) is 81.1 Å². The molecular weight excluding hydrogens is 946 g/mol. The maximum absolute atomic E-state index is 15.4. The number of benzene rings is 1. The first-order chi connectivity index (χ1) is 34.4. The Morgan fingerprint density at radius 3 is 2.36 bits per heavy atom. The molecule has 1 fully saturated rings. The fourth-order valence-corrected chi connectivity index (χ4v) is 9.84. The molecule has 7 N–H and O–H groups in total. The van der Waals surface area contributed by atoms with E-state index in [0.717, 1.165) is 0 Å². The van der Waals surface area contributed by atoms with Gasteiger partial charge in [-0.25, -0.2) is 19.0 Å². The molecule has 0 spiro atoms. The highest BCUT2D eigenvalue weighted by molar-refractivity contribution is 5.97. The van der Waals surface area contributed by atoms with Crippen molar-refractivity contribution in [2.45, 2.75) is 116 Å².